The summed E-state index contributed by atoms with van der Waals surface area (Å²) in [7, 11) is -3.71. The molecule has 0 aromatic heterocycles. The summed E-state index contributed by atoms with van der Waals surface area (Å²) in [5.74, 6) is -1.50. The number of epoxide rings is 1. The number of benzene rings is 3. The van der Waals surface area contributed by atoms with Crippen LogP contribution in [0.2, 0.25) is 0 Å². The molecule has 0 radical (unpaired) electrons. The molecular formula is C21H16F3O2P. The minimum atomic E-state index is -4.70. The summed E-state index contributed by atoms with van der Waals surface area (Å²) in [5, 5.41) is 0.700. The molecule has 1 saturated heterocycles. The van der Waals surface area contributed by atoms with Crippen molar-refractivity contribution < 1.29 is 22.5 Å². The van der Waals surface area contributed by atoms with Gasteiger partial charge in [-0.05, 0) is 5.56 Å². The molecule has 0 bridgehead atoms. The highest BCUT2D eigenvalue weighted by Crippen LogP contribution is 2.71. The van der Waals surface area contributed by atoms with Crippen LogP contribution in [-0.4, -0.2) is 12.0 Å². The van der Waals surface area contributed by atoms with Gasteiger partial charge in [-0.2, -0.15) is 13.2 Å². The molecule has 4 rings (SSSR count). The van der Waals surface area contributed by atoms with Gasteiger partial charge in [0.25, 0.3) is 0 Å². The third-order valence-corrected chi connectivity index (χ3v) is 8.08. The molecule has 3 aromatic carbocycles. The molecule has 1 aliphatic rings. The topological polar surface area (TPSA) is 29.6 Å². The lowest BCUT2D eigenvalue weighted by Crippen LogP contribution is -2.35. The minimum Gasteiger partial charge on any atom is -0.343 e. The van der Waals surface area contributed by atoms with E-state index in [1.54, 1.807) is 66.7 Å². The summed E-state index contributed by atoms with van der Waals surface area (Å²) in [5.41, 5.74) is -2.61. The molecule has 0 aliphatic carbocycles. The van der Waals surface area contributed by atoms with Gasteiger partial charge in [0, 0.05) is 10.6 Å². The van der Waals surface area contributed by atoms with Gasteiger partial charge in [-0.15, -0.1) is 0 Å². The average Bonchev–Trinajstić information content (AvgIpc) is 3.47. The van der Waals surface area contributed by atoms with Crippen molar-refractivity contribution in [3.8, 4) is 0 Å². The Hall–Kier alpha value is -2.36. The van der Waals surface area contributed by atoms with Crippen LogP contribution in [-0.2, 0) is 14.9 Å². The van der Waals surface area contributed by atoms with Crippen LogP contribution in [0.15, 0.2) is 91.0 Å². The Bertz CT molecular complexity index is 931. The maximum atomic E-state index is 14.2. The molecule has 1 aliphatic heterocycles. The van der Waals surface area contributed by atoms with E-state index in [-0.39, 0.29) is 5.56 Å². The first kappa shape index (κ1) is 18.0. The lowest BCUT2D eigenvalue weighted by Gasteiger charge is -2.22. The maximum Gasteiger partial charge on any atom is 0.424 e. The van der Waals surface area contributed by atoms with Crippen molar-refractivity contribution in [1.29, 1.82) is 0 Å². The molecule has 0 amide bonds. The fourth-order valence-corrected chi connectivity index (χ4v) is 6.65. The maximum absolute atomic E-state index is 14.2. The molecular weight excluding hydrogens is 372 g/mol. The number of hydrogen-bond donors (Lipinski definition) is 0. The number of hydrogen-bond acceptors (Lipinski definition) is 2. The highest BCUT2D eigenvalue weighted by molar-refractivity contribution is 7.79. The minimum absolute atomic E-state index is 0.0328. The predicted octanol–water partition coefficient (Wildman–Crippen LogP) is 4.81. The highest BCUT2D eigenvalue weighted by Gasteiger charge is 2.79. The molecule has 138 valence electrons. The van der Waals surface area contributed by atoms with Gasteiger partial charge >= 0.3 is 6.18 Å². The zero-order valence-corrected chi connectivity index (χ0v) is 15.0. The van der Waals surface area contributed by atoms with Crippen molar-refractivity contribution in [3.05, 3.63) is 96.6 Å². The monoisotopic (exact) mass is 388 g/mol. The van der Waals surface area contributed by atoms with Crippen LogP contribution < -0.4 is 10.6 Å². The van der Waals surface area contributed by atoms with Gasteiger partial charge in [-0.25, -0.2) is 0 Å². The number of ether oxygens (including phenoxy) is 1. The summed E-state index contributed by atoms with van der Waals surface area (Å²) in [4.78, 5) is 0. The zero-order chi connectivity index (χ0) is 19.1. The van der Waals surface area contributed by atoms with E-state index in [0.717, 1.165) is 0 Å². The third kappa shape index (κ3) is 2.73. The number of alkyl halides is 3. The Morgan fingerprint density at radius 1 is 0.741 bits per heavy atom. The van der Waals surface area contributed by atoms with E-state index >= 15 is 0 Å². The summed E-state index contributed by atoms with van der Waals surface area (Å²) in [6.45, 7) is 0. The first-order valence-corrected chi connectivity index (χ1v) is 10.2. The average molecular weight is 388 g/mol. The Morgan fingerprint density at radius 2 is 1.15 bits per heavy atom. The summed E-state index contributed by atoms with van der Waals surface area (Å²) in [6, 6.07) is 24.0. The van der Waals surface area contributed by atoms with E-state index < -0.39 is 24.8 Å². The predicted molar refractivity (Wildman–Crippen MR) is 98.8 cm³/mol. The first-order valence-electron chi connectivity index (χ1n) is 8.42. The molecule has 1 fully saturated rings. The second kappa shape index (κ2) is 6.36. The summed E-state index contributed by atoms with van der Waals surface area (Å²) < 4.78 is 62.0. The molecule has 0 unspecified atom stereocenters. The van der Waals surface area contributed by atoms with Gasteiger partial charge in [-0.1, -0.05) is 91.0 Å². The van der Waals surface area contributed by atoms with Gasteiger partial charge in [0.15, 0.2) is 13.0 Å². The molecule has 27 heavy (non-hydrogen) atoms. The van der Waals surface area contributed by atoms with Crippen molar-refractivity contribution in [1.82, 2.24) is 0 Å². The van der Waals surface area contributed by atoms with Crippen molar-refractivity contribution in [2.75, 3.05) is 0 Å². The van der Waals surface area contributed by atoms with E-state index in [2.05, 4.69) is 0 Å². The highest BCUT2D eigenvalue weighted by atomic mass is 31.2. The van der Waals surface area contributed by atoms with Gasteiger partial charge in [0.2, 0.25) is 5.60 Å². The standard InChI is InChI=1S/C21H16F3O2P/c22-21(23,24)20(16-10-4-1-5-11-16)19(26-20)27(25,17-12-6-2-7-13-17)18-14-8-3-9-15-18/h1-15,19H/t19-,20-/m0/s1. The van der Waals surface area contributed by atoms with E-state index in [0.29, 0.717) is 10.6 Å². The van der Waals surface area contributed by atoms with Crippen LogP contribution >= 0.6 is 7.14 Å². The Morgan fingerprint density at radius 3 is 1.56 bits per heavy atom. The second-order valence-electron chi connectivity index (χ2n) is 6.40. The van der Waals surface area contributed by atoms with Crippen molar-refractivity contribution in [2.45, 2.75) is 17.6 Å². The molecule has 6 heteroatoms. The van der Waals surface area contributed by atoms with Gasteiger partial charge in [0.05, 0.1) is 0 Å². The molecule has 3 aromatic rings. The summed E-state index contributed by atoms with van der Waals surface area (Å²) in [6.07, 6.45) is -4.70. The normalized spacial score (nSPS) is 22.4. The largest absolute Gasteiger partial charge is 0.424 e. The van der Waals surface area contributed by atoms with Crippen LogP contribution in [0.3, 0.4) is 0 Å². The fraction of sp³-hybridized carbons (Fsp3) is 0.143. The summed E-state index contributed by atoms with van der Waals surface area (Å²) >= 11 is 0. The molecule has 0 N–H and O–H groups in total. The van der Waals surface area contributed by atoms with Crippen LogP contribution in [0.5, 0.6) is 0 Å². The van der Waals surface area contributed by atoms with Gasteiger partial charge in [0.1, 0.15) is 0 Å². The lowest BCUT2D eigenvalue weighted by atomic mass is 9.99. The van der Waals surface area contributed by atoms with E-state index in [1.165, 1.54) is 24.3 Å². The smallest absolute Gasteiger partial charge is 0.343 e. The van der Waals surface area contributed by atoms with E-state index in [9.17, 15) is 17.7 Å². The molecule has 1 heterocycles. The quantitative estimate of drug-likeness (QED) is 0.474. The molecule has 0 spiro atoms. The molecule has 2 atom stereocenters. The zero-order valence-electron chi connectivity index (χ0n) is 14.1. The van der Waals surface area contributed by atoms with Gasteiger partial charge in [-0.3, -0.25) is 0 Å². The molecule has 2 nitrogen and oxygen atoms in total. The van der Waals surface area contributed by atoms with Crippen LogP contribution in [0.1, 0.15) is 5.56 Å². The third-order valence-electron chi connectivity index (χ3n) is 4.82. The van der Waals surface area contributed by atoms with Crippen LogP contribution in [0.4, 0.5) is 13.2 Å². The first-order chi connectivity index (χ1) is 12.9. The fourth-order valence-electron chi connectivity index (χ4n) is 3.46. The molecule has 0 saturated carbocycles. The van der Waals surface area contributed by atoms with Crippen LogP contribution in [0, 0.1) is 0 Å². The van der Waals surface area contributed by atoms with Crippen molar-refractivity contribution in [3.63, 3.8) is 0 Å². The number of rotatable bonds is 4. The van der Waals surface area contributed by atoms with E-state index in [1.807, 2.05) is 0 Å². The SMILES string of the molecule is O=P(c1ccccc1)(c1ccccc1)[C@@H]1O[C@]1(c1ccccc1)C(F)(F)F. The second-order valence-corrected chi connectivity index (χ2v) is 9.22. The lowest BCUT2D eigenvalue weighted by molar-refractivity contribution is -0.187. The van der Waals surface area contributed by atoms with Crippen LogP contribution in [0.25, 0.3) is 0 Å². The Balaban J connectivity index is 1.92. The Kier molecular flexibility index (Phi) is 4.25. The van der Waals surface area contributed by atoms with Crippen molar-refractivity contribution in [2.24, 2.45) is 0 Å². The van der Waals surface area contributed by atoms with E-state index in [4.69, 9.17) is 4.74 Å². The van der Waals surface area contributed by atoms with Crippen molar-refractivity contribution >= 4 is 17.8 Å². The Labute approximate surface area is 155 Å². The van der Waals surface area contributed by atoms with Gasteiger partial charge < -0.3 is 9.30 Å². The number of halogens is 3.